The van der Waals surface area contributed by atoms with E-state index in [2.05, 4.69) is 27.0 Å². The van der Waals surface area contributed by atoms with Gasteiger partial charge in [0.25, 0.3) is 0 Å². The molecule has 2 fully saturated rings. The van der Waals surface area contributed by atoms with Crippen molar-refractivity contribution >= 4 is 17.4 Å². The van der Waals surface area contributed by atoms with Crippen LogP contribution in [0.2, 0.25) is 0 Å². The first kappa shape index (κ1) is 14.8. The highest BCUT2D eigenvalue weighted by Gasteiger charge is 2.29. The van der Waals surface area contributed by atoms with Crippen molar-refractivity contribution in [2.75, 3.05) is 45.9 Å². The first-order valence-corrected chi connectivity index (χ1v) is 8.65. The Morgan fingerprint density at radius 3 is 3.00 bits per heavy atom. The van der Waals surface area contributed by atoms with Crippen LogP contribution in [0, 0.1) is 0 Å². The number of nitrogens with zero attached hydrogens (tertiary/aromatic N) is 2. The predicted molar refractivity (Wildman–Crippen MR) is 83.7 cm³/mol. The number of urea groups is 1. The molecule has 0 saturated carbocycles. The lowest BCUT2D eigenvalue weighted by molar-refractivity contribution is 0.0385. The zero-order valence-corrected chi connectivity index (χ0v) is 13.1. The third kappa shape index (κ3) is 3.75. The van der Waals surface area contributed by atoms with Crippen LogP contribution in [0.3, 0.4) is 0 Å². The molecule has 5 nitrogen and oxygen atoms in total. The summed E-state index contributed by atoms with van der Waals surface area (Å²) in [5.74, 6) is 0. The van der Waals surface area contributed by atoms with Crippen LogP contribution in [0.1, 0.15) is 24.4 Å². The fourth-order valence-corrected chi connectivity index (χ4v) is 3.78. The molecule has 2 aliphatic heterocycles. The number of hydrogen-bond acceptors (Lipinski definition) is 4. The molecule has 0 aliphatic carbocycles. The van der Waals surface area contributed by atoms with Gasteiger partial charge < -0.3 is 15.0 Å². The summed E-state index contributed by atoms with van der Waals surface area (Å²) >= 11 is 1.70. The maximum absolute atomic E-state index is 12.4. The normalized spacial score (nSPS) is 23.4. The number of hydrogen-bond donors (Lipinski definition) is 1. The van der Waals surface area contributed by atoms with Crippen molar-refractivity contribution < 1.29 is 9.53 Å². The number of thiophene rings is 1. The summed E-state index contributed by atoms with van der Waals surface area (Å²) in [6.45, 7) is 6.04. The van der Waals surface area contributed by atoms with E-state index in [1.165, 1.54) is 5.56 Å². The Balaban J connectivity index is 1.46. The van der Waals surface area contributed by atoms with Gasteiger partial charge in [-0.05, 0) is 35.2 Å². The van der Waals surface area contributed by atoms with Crippen molar-refractivity contribution in [2.24, 2.45) is 0 Å². The molecule has 3 heterocycles. The van der Waals surface area contributed by atoms with Crippen LogP contribution in [0.5, 0.6) is 0 Å². The van der Waals surface area contributed by atoms with Gasteiger partial charge >= 0.3 is 6.03 Å². The van der Waals surface area contributed by atoms with E-state index < -0.39 is 0 Å². The SMILES string of the molecule is O=C(NCCN1CCOCC1)N1CCCC1c1ccsc1. The Kier molecular flexibility index (Phi) is 5.11. The molecule has 1 N–H and O–H groups in total. The highest BCUT2D eigenvalue weighted by atomic mass is 32.1. The van der Waals surface area contributed by atoms with E-state index in [0.717, 1.165) is 52.2 Å². The Morgan fingerprint density at radius 2 is 2.24 bits per heavy atom. The van der Waals surface area contributed by atoms with Crippen molar-refractivity contribution in [3.8, 4) is 0 Å². The predicted octanol–water partition coefficient (Wildman–Crippen LogP) is 1.93. The van der Waals surface area contributed by atoms with E-state index in [0.29, 0.717) is 6.54 Å². The number of nitrogens with one attached hydrogen (secondary N) is 1. The van der Waals surface area contributed by atoms with Crippen molar-refractivity contribution in [1.82, 2.24) is 15.1 Å². The molecule has 2 saturated heterocycles. The summed E-state index contributed by atoms with van der Waals surface area (Å²) in [4.78, 5) is 16.7. The van der Waals surface area contributed by atoms with Crippen LogP contribution in [0.4, 0.5) is 4.79 Å². The Bertz CT molecular complexity index is 446. The molecule has 0 spiro atoms. The van der Waals surface area contributed by atoms with Gasteiger partial charge in [0, 0.05) is 32.7 Å². The summed E-state index contributed by atoms with van der Waals surface area (Å²) in [5, 5.41) is 7.31. The number of carbonyl (C=O) groups excluding carboxylic acids is 1. The average Bonchev–Trinajstić information content (AvgIpc) is 3.19. The maximum Gasteiger partial charge on any atom is 0.317 e. The summed E-state index contributed by atoms with van der Waals surface area (Å²) in [6, 6.07) is 2.48. The van der Waals surface area contributed by atoms with E-state index in [4.69, 9.17) is 4.74 Å². The smallest absolute Gasteiger partial charge is 0.317 e. The second kappa shape index (κ2) is 7.24. The molecule has 0 radical (unpaired) electrons. The highest BCUT2D eigenvalue weighted by Crippen LogP contribution is 2.32. The first-order chi connectivity index (χ1) is 10.3. The second-order valence-corrected chi connectivity index (χ2v) is 6.37. The molecule has 1 aromatic rings. The minimum absolute atomic E-state index is 0.0805. The number of ether oxygens (including phenoxy) is 1. The number of likely N-dealkylation sites (tertiary alicyclic amines) is 1. The van der Waals surface area contributed by atoms with Gasteiger partial charge in [0.1, 0.15) is 0 Å². The number of amides is 2. The summed E-state index contributed by atoms with van der Waals surface area (Å²) in [6.07, 6.45) is 2.17. The van der Waals surface area contributed by atoms with Gasteiger partial charge in [-0.1, -0.05) is 0 Å². The molecule has 116 valence electrons. The van der Waals surface area contributed by atoms with Gasteiger partial charge in [-0.2, -0.15) is 11.3 Å². The third-order valence-corrected chi connectivity index (χ3v) is 4.95. The highest BCUT2D eigenvalue weighted by molar-refractivity contribution is 7.07. The number of carbonyl (C=O) groups is 1. The van der Waals surface area contributed by atoms with Crippen molar-refractivity contribution in [3.05, 3.63) is 22.4 Å². The second-order valence-electron chi connectivity index (χ2n) is 5.59. The standard InChI is InChI=1S/C15H23N3O2S/c19-15(16-4-6-17-7-9-20-10-8-17)18-5-1-2-14(18)13-3-11-21-12-13/h3,11-12,14H,1-2,4-10H2,(H,16,19). The Morgan fingerprint density at radius 1 is 1.38 bits per heavy atom. The molecule has 2 aliphatic rings. The molecular formula is C15H23N3O2S. The van der Waals surface area contributed by atoms with E-state index in [1.54, 1.807) is 11.3 Å². The van der Waals surface area contributed by atoms with E-state index in [1.807, 2.05) is 4.90 Å². The van der Waals surface area contributed by atoms with Crippen molar-refractivity contribution in [1.29, 1.82) is 0 Å². The minimum atomic E-state index is 0.0805. The quantitative estimate of drug-likeness (QED) is 0.924. The fraction of sp³-hybridized carbons (Fsp3) is 0.667. The lowest BCUT2D eigenvalue weighted by Crippen LogP contribution is -2.45. The topological polar surface area (TPSA) is 44.8 Å². The Labute approximate surface area is 129 Å². The lowest BCUT2D eigenvalue weighted by Gasteiger charge is -2.28. The van der Waals surface area contributed by atoms with Gasteiger partial charge in [-0.3, -0.25) is 4.90 Å². The molecule has 1 atom stereocenters. The van der Waals surface area contributed by atoms with Crippen LogP contribution >= 0.6 is 11.3 Å². The number of rotatable bonds is 4. The minimum Gasteiger partial charge on any atom is -0.379 e. The van der Waals surface area contributed by atoms with Crippen LogP contribution in [-0.2, 0) is 4.74 Å². The van der Waals surface area contributed by atoms with Gasteiger partial charge in [0.15, 0.2) is 0 Å². The third-order valence-electron chi connectivity index (χ3n) is 4.25. The molecule has 0 bridgehead atoms. The largest absolute Gasteiger partial charge is 0.379 e. The van der Waals surface area contributed by atoms with Gasteiger partial charge in [0.2, 0.25) is 0 Å². The lowest BCUT2D eigenvalue weighted by atomic mass is 10.1. The van der Waals surface area contributed by atoms with Gasteiger partial charge in [0.05, 0.1) is 19.3 Å². The average molecular weight is 309 g/mol. The molecule has 6 heteroatoms. The molecule has 3 rings (SSSR count). The van der Waals surface area contributed by atoms with E-state index in [-0.39, 0.29) is 12.1 Å². The molecule has 1 unspecified atom stereocenters. The van der Waals surface area contributed by atoms with Crippen LogP contribution in [0.25, 0.3) is 0 Å². The summed E-state index contributed by atoms with van der Waals surface area (Å²) in [5.41, 5.74) is 1.28. The molecule has 2 amide bonds. The Hall–Kier alpha value is -1.11. The van der Waals surface area contributed by atoms with Crippen molar-refractivity contribution in [3.63, 3.8) is 0 Å². The van der Waals surface area contributed by atoms with Crippen LogP contribution < -0.4 is 5.32 Å². The van der Waals surface area contributed by atoms with Crippen LogP contribution in [0.15, 0.2) is 16.8 Å². The van der Waals surface area contributed by atoms with Crippen molar-refractivity contribution in [2.45, 2.75) is 18.9 Å². The summed E-state index contributed by atoms with van der Waals surface area (Å²) in [7, 11) is 0. The van der Waals surface area contributed by atoms with Crippen LogP contribution in [-0.4, -0.2) is 61.8 Å². The molecule has 0 aromatic carbocycles. The van der Waals surface area contributed by atoms with Gasteiger partial charge in [-0.15, -0.1) is 0 Å². The monoisotopic (exact) mass is 309 g/mol. The molecule has 1 aromatic heterocycles. The summed E-state index contributed by atoms with van der Waals surface area (Å²) < 4.78 is 5.33. The molecular weight excluding hydrogens is 286 g/mol. The van der Waals surface area contributed by atoms with Gasteiger partial charge in [-0.25, -0.2) is 4.79 Å². The molecule has 21 heavy (non-hydrogen) atoms. The number of morpholine rings is 1. The van der Waals surface area contributed by atoms with E-state index in [9.17, 15) is 4.79 Å². The fourth-order valence-electron chi connectivity index (χ4n) is 3.07. The van der Waals surface area contributed by atoms with E-state index >= 15 is 0 Å². The zero-order chi connectivity index (χ0) is 14.5. The maximum atomic E-state index is 12.4. The zero-order valence-electron chi connectivity index (χ0n) is 12.3. The first-order valence-electron chi connectivity index (χ1n) is 7.71.